The summed E-state index contributed by atoms with van der Waals surface area (Å²) in [5.41, 5.74) is 5.46. The molecule has 1 unspecified atom stereocenters. The first-order chi connectivity index (χ1) is 3.33. The lowest BCUT2D eigenvalue weighted by atomic mass is 9.91. The van der Waals surface area contributed by atoms with Crippen molar-refractivity contribution in [3.05, 3.63) is 0 Å². The molecule has 0 saturated heterocycles. The molecule has 0 aromatic heterocycles. The van der Waals surface area contributed by atoms with Gasteiger partial charge in [-0.2, -0.15) is 0 Å². The van der Waals surface area contributed by atoms with Gasteiger partial charge in [0.15, 0.2) is 0 Å². The van der Waals surface area contributed by atoms with Crippen LogP contribution in [-0.4, -0.2) is 12.1 Å². The van der Waals surface area contributed by atoms with Crippen LogP contribution in [0.4, 0.5) is 0 Å². The summed E-state index contributed by atoms with van der Waals surface area (Å²) in [6, 6.07) is 0.408. The van der Waals surface area contributed by atoms with E-state index in [0.29, 0.717) is 12.1 Å². The van der Waals surface area contributed by atoms with Crippen LogP contribution >= 0.6 is 9.47 Å². The average molecular weight is 119 g/mol. The lowest BCUT2D eigenvalue weighted by molar-refractivity contribution is 0.124. The van der Waals surface area contributed by atoms with Crippen LogP contribution in [0.15, 0.2) is 0 Å². The van der Waals surface area contributed by atoms with Crippen molar-refractivity contribution >= 4 is 9.47 Å². The van der Waals surface area contributed by atoms with Crippen LogP contribution in [0.5, 0.6) is 0 Å². The SMILES string of the molecule is NC1CC(OP)C1. The first-order valence-electron chi connectivity index (χ1n) is 2.44. The predicted molar refractivity (Wildman–Crippen MR) is 31.8 cm³/mol. The molecule has 0 heterocycles. The maximum absolute atomic E-state index is 5.46. The standard InChI is InChI=1S/C4H10NOP/c5-3-1-4(2-3)6-7/h3-4H,1-2,5,7H2. The fourth-order valence-electron chi connectivity index (χ4n) is 0.717. The topological polar surface area (TPSA) is 35.2 Å². The highest BCUT2D eigenvalue weighted by molar-refractivity contribution is 7.09. The average Bonchev–Trinajstić information content (AvgIpc) is 1.58. The van der Waals surface area contributed by atoms with Crippen molar-refractivity contribution in [3.8, 4) is 0 Å². The van der Waals surface area contributed by atoms with E-state index in [-0.39, 0.29) is 0 Å². The summed E-state index contributed by atoms with van der Waals surface area (Å²) < 4.78 is 4.89. The third-order valence-corrected chi connectivity index (χ3v) is 1.71. The first-order valence-corrected chi connectivity index (χ1v) is 2.91. The second-order valence-electron chi connectivity index (χ2n) is 1.99. The molecule has 1 aliphatic carbocycles. The largest absolute Gasteiger partial charge is 0.362 e. The van der Waals surface area contributed by atoms with Gasteiger partial charge < -0.3 is 10.3 Å². The highest BCUT2D eigenvalue weighted by atomic mass is 31.0. The molecule has 0 aliphatic heterocycles. The van der Waals surface area contributed by atoms with Gasteiger partial charge in [-0.15, -0.1) is 0 Å². The Hall–Kier alpha value is 0.350. The summed E-state index contributed by atoms with van der Waals surface area (Å²) >= 11 is 0. The van der Waals surface area contributed by atoms with Crippen molar-refractivity contribution in [3.63, 3.8) is 0 Å². The van der Waals surface area contributed by atoms with Gasteiger partial charge in [-0.1, -0.05) is 0 Å². The second-order valence-corrected chi connectivity index (χ2v) is 2.26. The molecule has 2 N–H and O–H groups in total. The molecule has 42 valence electrons. The maximum Gasteiger partial charge on any atom is 0.0640 e. The number of hydrogen-bond donors (Lipinski definition) is 1. The first kappa shape index (κ1) is 5.49. The molecule has 0 radical (unpaired) electrons. The lowest BCUT2D eigenvalue weighted by Crippen LogP contribution is -2.40. The summed E-state index contributed by atoms with van der Waals surface area (Å²) in [5, 5.41) is 0. The number of hydrogen-bond acceptors (Lipinski definition) is 2. The Morgan fingerprint density at radius 3 is 2.29 bits per heavy atom. The van der Waals surface area contributed by atoms with Gasteiger partial charge in [-0.3, -0.25) is 0 Å². The van der Waals surface area contributed by atoms with Crippen LogP contribution < -0.4 is 5.73 Å². The molecule has 2 nitrogen and oxygen atoms in total. The smallest absolute Gasteiger partial charge is 0.0640 e. The molecule has 0 aromatic carbocycles. The van der Waals surface area contributed by atoms with Crippen LogP contribution in [0, 0.1) is 0 Å². The Bertz CT molecular complexity index is 62.7. The van der Waals surface area contributed by atoms with Gasteiger partial charge in [-0.05, 0) is 12.8 Å². The zero-order chi connectivity index (χ0) is 5.28. The zero-order valence-corrected chi connectivity index (χ0v) is 5.29. The Kier molecular flexibility index (Phi) is 1.63. The van der Waals surface area contributed by atoms with E-state index in [1.165, 1.54) is 0 Å². The Balaban J connectivity index is 2.06. The van der Waals surface area contributed by atoms with Crippen molar-refractivity contribution in [1.82, 2.24) is 0 Å². The summed E-state index contributed by atoms with van der Waals surface area (Å²) in [6.07, 6.45) is 2.49. The molecule has 1 atom stereocenters. The molecule has 7 heavy (non-hydrogen) atoms. The summed E-state index contributed by atoms with van der Waals surface area (Å²) in [6.45, 7) is 0. The fraction of sp³-hybridized carbons (Fsp3) is 1.00. The predicted octanol–water partition coefficient (Wildman–Crippen LogP) is 0.283. The van der Waals surface area contributed by atoms with Gasteiger partial charge in [-0.25, -0.2) is 0 Å². The van der Waals surface area contributed by atoms with E-state index in [1.807, 2.05) is 0 Å². The Morgan fingerprint density at radius 1 is 1.57 bits per heavy atom. The minimum Gasteiger partial charge on any atom is -0.362 e. The van der Waals surface area contributed by atoms with Crippen LogP contribution in [0.3, 0.4) is 0 Å². The van der Waals surface area contributed by atoms with Crippen molar-refractivity contribution in [1.29, 1.82) is 0 Å². The molecule has 3 heteroatoms. The van der Waals surface area contributed by atoms with E-state index in [9.17, 15) is 0 Å². The molecule has 0 bridgehead atoms. The van der Waals surface area contributed by atoms with E-state index in [0.717, 1.165) is 12.8 Å². The number of rotatable bonds is 1. The Labute approximate surface area is 45.7 Å². The van der Waals surface area contributed by atoms with Crippen molar-refractivity contribution in [2.24, 2.45) is 5.73 Å². The minimum absolute atomic E-state index is 0.408. The summed E-state index contributed by atoms with van der Waals surface area (Å²) in [4.78, 5) is 0. The van der Waals surface area contributed by atoms with Crippen LogP contribution in [0.2, 0.25) is 0 Å². The molecule has 1 saturated carbocycles. The summed E-state index contributed by atoms with van der Waals surface area (Å²) in [5.74, 6) is 0. The van der Waals surface area contributed by atoms with Crippen LogP contribution in [-0.2, 0) is 4.52 Å². The highest BCUT2D eigenvalue weighted by Gasteiger charge is 2.24. The monoisotopic (exact) mass is 119 g/mol. The third kappa shape index (κ3) is 1.12. The normalized spacial score (nSPS) is 40.3. The van der Waals surface area contributed by atoms with Crippen molar-refractivity contribution in [2.45, 2.75) is 25.0 Å². The van der Waals surface area contributed by atoms with Crippen LogP contribution in [0.1, 0.15) is 12.8 Å². The fourth-order valence-corrected chi connectivity index (χ4v) is 0.940. The van der Waals surface area contributed by atoms with E-state index >= 15 is 0 Å². The van der Waals surface area contributed by atoms with Gasteiger partial charge in [0.1, 0.15) is 0 Å². The van der Waals surface area contributed by atoms with E-state index in [1.54, 1.807) is 0 Å². The van der Waals surface area contributed by atoms with Gasteiger partial charge in [0.2, 0.25) is 0 Å². The molecule has 0 amide bonds. The van der Waals surface area contributed by atoms with E-state index in [4.69, 9.17) is 10.3 Å². The lowest BCUT2D eigenvalue weighted by Gasteiger charge is -2.30. The molecular formula is C4H10NOP. The van der Waals surface area contributed by atoms with E-state index < -0.39 is 0 Å². The number of nitrogens with two attached hydrogens (primary N) is 1. The van der Waals surface area contributed by atoms with Gasteiger partial charge >= 0.3 is 0 Å². The Morgan fingerprint density at radius 2 is 2.14 bits per heavy atom. The molecule has 1 fully saturated rings. The minimum atomic E-state index is 0.408. The second kappa shape index (κ2) is 2.08. The molecule has 0 aromatic rings. The zero-order valence-electron chi connectivity index (χ0n) is 4.13. The quantitative estimate of drug-likeness (QED) is 0.503. The molecule has 0 spiro atoms. The van der Waals surface area contributed by atoms with Crippen molar-refractivity contribution in [2.75, 3.05) is 0 Å². The maximum atomic E-state index is 5.46. The van der Waals surface area contributed by atoms with Crippen LogP contribution in [0.25, 0.3) is 0 Å². The molecule has 1 aliphatic rings. The van der Waals surface area contributed by atoms with E-state index in [2.05, 4.69) is 9.47 Å². The highest BCUT2D eigenvalue weighted by Crippen LogP contribution is 2.22. The summed E-state index contributed by atoms with van der Waals surface area (Å²) in [7, 11) is 2.25. The third-order valence-electron chi connectivity index (χ3n) is 1.32. The van der Waals surface area contributed by atoms with Gasteiger partial charge in [0, 0.05) is 15.5 Å². The van der Waals surface area contributed by atoms with Gasteiger partial charge in [0.25, 0.3) is 0 Å². The van der Waals surface area contributed by atoms with Crippen molar-refractivity contribution < 1.29 is 4.52 Å². The van der Waals surface area contributed by atoms with Gasteiger partial charge in [0.05, 0.1) is 6.10 Å². The molecular weight excluding hydrogens is 109 g/mol. The molecule has 1 rings (SSSR count).